The van der Waals surface area contributed by atoms with Crippen LogP contribution in [0.4, 0.5) is 0 Å². The van der Waals surface area contributed by atoms with Crippen LogP contribution >= 0.6 is 35.4 Å². The number of halogens is 2. The van der Waals surface area contributed by atoms with Crippen LogP contribution in [0.3, 0.4) is 0 Å². The standard InChI is InChI=1S/C18H17Cl2N3O3S/c19-13-7-8-15(14(20)10-13)26-11-17(25)22-23-18(27)21-16(24)9-6-12-4-2-1-3-5-12/h1-5,7-8,10H,6,9,11H2,(H,22,25)(H2,21,23,24,27). The first-order chi connectivity index (χ1) is 12.9. The third-order valence-corrected chi connectivity index (χ3v) is 4.04. The average molecular weight is 426 g/mol. The van der Waals surface area contributed by atoms with Gasteiger partial charge in [0.15, 0.2) is 11.7 Å². The molecule has 0 aliphatic rings. The molecule has 0 bridgehead atoms. The fourth-order valence-electron chi connectivity index (χ4n) is 2.02. The van der Waals surface area contributed by atoms with Crippen molar-refractivity contribution in [2.24, 2.45) is 0 Å². The van der Waals surface area contributed by atoms with Gasteiger partial charge in [0.05, 0.1) is 5.02 Å². The number of hydrazine groups is 1. The molecule has 0 saturated heterocycles. The van der Waals surface area contributed by atoms with Crippen molar-refractivity contribution in [2.45, 2.75) is 12.8 Å². The molecular formula is C18H17Cl2N3O3S. The Morgan fingerprint density at radius 1 is 1.00 bits per heavy atom. The van der Waals surface area contributed by atoms with Crippen molar-refractivity contribution in [3.63, 3.8) is 0 Å². The van der Waals surface area contributed by atoms with E-state index in [1.165, 1.54) is 6.07 Å². The number of carbonyl (C=O) groups is 2. The predicted octanol–water partition coefficient (Wildman–Crippen LogP) is 3.03. The minimum absolute atomic E-state index is 0.00839. The van der Waals surface area contributed by atoms with E-state index in [0.717, 1.165) is 5.56 Å². The monoisotopic (exact) mass is 425 g/mol. The number of carbonyl (C=O) groups excluding carboxylic acids is 2. The lowest BCUT2D eigenvalue weighted by Gasteiger charge is -2.12. The van der Waals surface area contributed by atoms with Crippen LogP contribution in [0.5, 0.6) is 5.75 Å². The number of rotatable bonds is 6. The summed E-state index contributed by atoms with van der Waals surface area (Å²) in [4.78, 5) is 23.6. The molecule has 0 spiro atoms. The Labute approximate surface area is 172 Å². The van der Waals surface area contributed by atoms with Crippen LogP contribution in [0.2, 0.25) is 10.0 Å². The molecule has 0 atom stereocenters. The SMILES string of the molecule is O=C(COc1ccc(Cl)cc1Cl)NNC(=S)NC(=O)CCc1ccccc1. The van der Waals surface area contributed by atoms with Gasteiger partial charge in [0, 0.05) is 11.4 Å². The lowest BCUT2D eigenvalue weighted by Crippen LogP contribution is -2.49. The Morgan fingerprint density at radius 2 is 1.74 bits per heavy atom. The van der Waals surface area contributed by atoms with E-state index in [2.05, 4.69) is 16.2 Å². The van der Waals surface area contributed by atoms with Gasteiger partial charge in [-0.15, -0.1) is 0 Å². The summed E-state index contributed by atoms with van der Waals surface area (Å²) < 4.78 is 5.28. The van der Waals surface area contributed by atoms with E-state index in [1.54, 1.807) is 12.1 Å². The smallest absolute Gasteiger partial charge is 0.276 e. The fourth-order valence-corrected chi connectivity index (χ4v) is 2.65. The second kappa shape index (κ2) is 10.7. The molecule has 0 fully saturated rings. The summed E-state index contributed by atoms with van der Waals surface area (Å²) >= 11 is 16.7. The second-order valence-corrected chi connectivity index (χ2v) is 6.65. The quantitative estimate of drug-likeness (QED) is 0.489. The zero-order valence-electron chi connectivity index (χ0n) is 14.1. The highest BCUT2D eigenvalue weighted by Gasteiger charge is 2.08. The van der Waals surface area contributed by atoms with Crippen molar-refractivity contribution in [3.8, 4) is 5.75 Å². The average Bonchev–Trinajstić information content (AvgIpc) is 2.65. The third kappa shape index (κ3) is 7.82. The Bertz CT molecular complexity index is 819. The van der Waals surface area contributed by atoms with Crippen LogP contribution < -0.4 is 20.9 Å². The van der Waals surface area contributed by atoms with Crippen molar-refractivity contribution < 1.29 is 14.3 Å². The Hall–Kier alpha value is -2.35. The molecule has 0 aliphatic heterocycles. The highest BCUT2D eigenvalue weighted by molar-refractivity contribution is 7.80. The molecule has 142 valence electrons. The van der Waals surface area contributed by atoms with E-state index in [0.29, 0.717) is 22.2 Å². The van der Waals surface area contributed by atoms with Crippen molar-refractivity contribution in [1.29, 1.82) is 0 Å². The number of aryl methyl sites for hydroxylation is 1. The summed E-state index contributed by atoms with van der Waals surface area (Å²) in [6.07, 6.45) is 0.870. The maximum Gasteiger partial charge on any atom is 0.276 e. The molecule has 0 radical (unpaired) electrons. The van der Waals surface area contributed by atoms with Gasteiger partial charge in [0.25, 0.3) is 5.91 Å². The third-order valence-electron chi connectivity index (χ3n) is 3.30. The van der Waals surface area contributed by atoms with E-state index < -0.39 is 5.91 Å². The maximum atomic E-state index is 11.8. The zero-order valence-corrected chi connectivity index (χ0v) is 16.5. The Kier molecular flexibility index (Phi) is 8.32. The van der Waals surface area contributed by atoms with Gasteiger partial charge >= 0.3 is 0 Å². The molecular weight excluding hydrogens is 409 g/mol. The Balaban J connectivity index is 1.65. The number of benzene rings is 2. The largest absolute Gasteiger partial charge is 0.482 e. The van der Waals surface area contributed by atoms with Crippen molar-refractivity contribution in [2.75, 3.05) is 6.61 Å². The normalized spacial score (nSPS) is 10.0. The van der Waals surface area contributed by atoms with Crippen LogP contribution in [0, 0.1) is 0 Å². The molecule has 0 heterocycles. The first-order valence-corrected chi connectivity index (χ1v) is 9.11. The van der Waals surface area contributed by atoms with Gasteiger partial charge in [0.1, 0.15) is 5.75 Å². The fraction of sp³-hybridized carbons (Fsp3) is 0.167. The minimum atomic E-state index is -0.498. The highest BCUT2D eigenvalue weighted by atomic mass is 35.5. The van der Waals surface area contributed by atoms with Gasteiger partial charge in [0.2, 0.25) is 5.91 Å². The van der Waals surface area contributed by atoms with Crippen molar-refractivity contribution in [1.82, 2.24) is 16.2 Å². The molecule has 2 rings (SSSR count). The van der Waals surface area contributed by atoms with Gasteiger partial charge < -0.3 is 10.1 Å². The van der Waals surface area contributed by atoms with Crippen LogP contribution in [-0.2, 0) is 16.0 Å². The van der Waals surface area contributed by atoms with Crippen molar-refractivity contribution in [3.05, 3.63) is 64.1 Å². The van der Waals surface area contributed by atoms with Gasteiger partial charge in [-0.1, -0.05) is 53.5 Å². The highest BCUT2D eigenvalue weighted by Crippen LogP contribution is 2.27. The van der Waals surface area contributed by atoms with E-state index in [9.17, 15) is 9.59 Å². The lowest BCUT2D eigenvalue weighted by molar-refractivity contribution is -0.124. The van der Waals surface area contributed by atoms with Gasteiger partial charge in [-0.05, 0) is 42.4 Å². The number of ether oxygens (including phenoxy) is 1. The summed E-state index contributed by atoms with van der Waals surface area (Å²) in [6.45, 7) is -0.293. The molecule has 9 heteroatoms. The van der Waals surface area contributed by atoms with E-state index >= 15 is 0 Å². The summed E-state index contributed by atoms with van der Waals surface area (Å²) in [5, 5.41) is 3.24. The number of hydrogen-bond acceptors (Lipinski definition) is 4. The number of thiocarbonyl (C=S) groups is 1. The number of nitrogens with one attached hydrogen (secondary N) is 3. The molecule has 0 aliphatic carbocycles. The molecule has 27 heavy (non-hydrogen) atoms. The van der Waals surface area contributed by atoms with Gasteiger partial charge in [-0.2, -0.15) is 0 Å². The topological polar surface area (TPSA) is 79.5 Å². The van der Waals surface area contributed by atoms with Crippen molar-refractivity contribution >= 4 is 52.3 Å². The Morgan fingerprint density at radius 3 is 2.44 bits per heavy atom. The first kappa shape index (κ1) is 21.0. The summed E-state index contributed by atoms with van der Waals surface area (Å²) in [6, 6.07) is 14.3. The van der Waals surface area contributed by atoms with E-state index in [1.807, 2.05) is 30.3 Å². The van der Waals surface area contributed by atoms with Gasteiger partial charge in [-0.3, -0.25) is 20.4 Å². The lowest BCUT2D eigenvalue weighted by atomic mass is 10.1. The molecule has 2 aromatic rings. The summed E-state index contributed by atoms with van der Waals surface area (Å²) in [5.74, 6) is -0.426. The number of hydrogen-bond donors (Lipinski definition) is 3. The molecule has 2 aromatic carbocycles. The van der Waals surface area contributed by atoms with Gasteiger partial charge in [-0.25, -0.2) is 0 Å². The van der Waals surface area contributed by atoms with Crippen LogP contribution in [0.15, 0.2) is 48.5 Å². The number of amides is 2. The first-order valence-electron chi connectivity index (χ1n) is 7.94. The van der Waals surface area contributed by atoms with Crippen LogP contribution in [0.25, 0.3) is 0 Å². The van der Waals surface area contributed by atoms with Crippen LogP contribution in [-0.4, -0.2) is 23.5 Å². The summed E-state index contributed by atoms with van der Waals surface area (Å²) in [5.41, 5.74) is 5.81. The maximum absolute atomic E-state index is 11.8. The molecule has 0 aromatic heterocycles. The molecule has 6 nitrogen and oxygen atoms in total. The van der Waals surface area contributed by atoms with E-state index in [4.69, 9.17) is 40.2 Å². The zero-order chi connectivity index (χ0) is 19.6. The van der Waals surface area contributed by atoms with E-state index in [-0.39, 0.29) is 24.0 Å². The molecule has 0 unspecified atom stereocenters. The summed E-state index contributed by atoms with van der Waals surface area (Å²) in [7, 11) is 0. The predicted molar refractivity (Wildman–Crippen MR) is 109 cm³/mol. The molecule has 2 amide bonds. The molecule has 3 N–H and O–H groups in total. The second-order valence-electron chi connectivity index (χ2n) is 5.40. The van der Waals surface area contributed by atoms with Crippen LogP contribution in [0.1, 0.15) is 12.0 Å². The minimum Gasteiger partial charge on any atom is -0.482 e. The molecule has 0 saturated carbocycles.